The summed E-state index contributed by atoms with van der Waals surface area (Å²) in [5, 5.41) is 8.81. The first kappa shape index (κ1) is 24.6. The van der Waals surface area contributed by atoms with Crippen LogP contribution in [0, 0.1) is 5.41 Å². The lowest BCUT2D eigenvalue weighted by atomic mass is 9.72. The molecule has 2 heteroatoms. The van der Waals surface area contributed by atoms with E-state index in [0.717, 1.165) is 18.8 Å². The molecule has 0 saturated heterocycles. The molecule has 0 aromatic rings. The van der Waals surface area contributed by atoms with E-state index in [-0.39, 0.29) is 6.61 Å². The molecule has 0 fully saturated rings. The summed E-state index contributed by atoms with van der Waals surface area (Å²) in [4.78, 5) is 0. The predicted molar refractivity (Wildman–Crippen MR) is 115 cm³/mol. The number of aliphatic hydroxyl groups excluding tert-OH is 1. The van der Waals surface area contributed by atoms with Crippen molar-refractivity contribution in [1.29, 1.82) is 0 Å². The van der Waals surface area contributed by atoms with Crippen LogP contribution in [0.3, 0.4) is 0 Å². The van der Waals surface area contributed by atoms with Gasteiger partial charge in [0.15, 0.2) is 0 Å². The molecule has 0 aliphatic heterocycles. The average molecular weight is 361 g/mol. The topological polar surface area (TPSA) is 29.5 Å². The second kappa shape index (κ2) is 13.8. The lowest BCUT2D eigenvalue weighted by Gasteiger charge is -2.32. The van der Waals surface area contributed by atoms with Crippen LogP contribution in [0.15, 0.2) is 58.7 Å². The van der Waals surface area contributed by atoms with Crippen LogP contribution in [-0.2, 0) is 4.74 Å². The Balaban J connectivity index is 0.00000110. The van der Waals surface area contributed by atoms with Crippen molar-refractivity contribution in [3.8, 4) is 0 Å². The van der Waals surface area contributed by atoms with Gasteiger partial charge in [0.1, 0.15) is 0 Å². The highest BCUT2D eigenvalue weighted by molar-refractivity contribution is 5.37. The van der Waals surface area contributed by atoms with Gasteiger partial charge in [0.05, 0.1) is 6.61 Å². The van der Waals surface area contributed by atoms with Crippen molar-refractivity contribution in [2.75, 3.05) is 19.8 Å². The number of hydrogen-bond donors (Lipinski definition) is 1. The zero-order chi connectivity index (χ0) is 20.0. The molecule has 0 saturated carbocycles. The average Bonchev–Trinajstić information content (AvgIpc) is 2.55. The molecule has 2 nitrogen and oxygen atoms in total. The summed E-state index contributed by atoms with van der Waals surface area (Å²) in [6.07, 6.45) is 16.3. The highest BCUT2D eigenvalue weighted by Gasteiger charge is 2.26. The molecule has 0 atom stereocenters. The minimum Gasteiger partial charge on any atom is -0.392 e. The zero-order valence-corrected chi connectivity index (χ0v) is 18.1. The van der Waals surface area contributed by atoms with Crippen LogP contribution in [0.1, 0.15) is 67.7 Å². The minimum absolute atomic E-state index is 0.0985. The molecule has 0 amide bonds. The number of allylic oxidation sites excluding steroid dienone is 9. The molecule has 0 bridgehead atoms. The van der Waals surface area contributed by atoms with Crippen LogP contribution >= 0.6 is 0 Å². The van der Waals surface area contributed by atoms with Crippen LogP contribution in [0.4, 0.5) is 0 Å². The summed E-state index contributed by atoms with van der Waals surface area (Å²) < 4.78 is 4.83. The third-order valence-corrected chi connectivity index (χ3v) is 4.60. The summed E-state index contributed by atoms with van der Waals surface area (Å²) in [6, 6.07) is 0. The minimum atomic E-state index is 0.0985. The molecule has 1 aliphatic carbocycles. The standard InChI is InChI=1S/C20H30O.C4H10O/c1-16(8-6-9-17(2)13-15-21)11-12-19-18(3)10-7-14-20(19,4)5;1-3-5-4-2/h6,8-9,11-13,21H,7,10,14-15H2,1-5H3;3-4H2,1-2H3/b9-6+,12-11+,16-8+,17-13+;. The number of aliphatic hydroxyl groups is 1. The van der Waals surface area contributed by atoms with E-state index in [4.69, 9.17) is 9.84 Å². The lowest BCUT2D eigenvalue weighted by molar-refractivity contribution is 0.162. The van der Waals surface area contributed by atoms with Gasteiger partial charge >= 0.3 is 0 Å². The van der Waals surface area contributed by atoms with Crippen LogP contribution in [0.2, 0.25) is 0 Å². The molecule has 0 aromatic heterocycles. The Hall–Kier alpha value is -1.38. The number of rotatable bonds is 7. The van der Waals surface area contributed by atoms with Gasteiger partial charge < -0.3 is 9.84 Å². The number of ether oxygens (including phenoxy) is 1. The van der Waals surface area contributed by atoms with Crippen molar-refractivity contribution in [2.45, 2.75) is 67.7 Å². The second-order valence-electron chi connectivity index (χ2n) is 7.45. The maximum Gasteiger partial charge on any atom is 0.0617 e. The fraction of sp³-hybridized carbons (Fsp3) is 0.583. The fourth-order valence-corrected chi connectivity index (χ4v) is 3.05. The van der Waals surface area contributed by atoms with Gasteiger partial charge in [-0.15, -0.1) is 0 Å². The van der Waals surface area contributed by atoms with E-state index in [9.17, 15) is 0 Å². The highest BCUT2D eigenvalue weighted by Crippen LogP contribution is 2.40. The maximum absolute atomic E-state index is 8.81. The smallest absolute Gasteiger partial charge is 0.0617 e. The van der Waals surface area contributed by atoms with Gasteiger partial charge in [-0.3, -0.25) is 0 Å². The first-order valence-corrected chi connectivity index (χ1v) is 9.87. The summed E-state index contributed by atoms with van der Waals surface area (Å²) >= 11 is 0. The molecule has 148 valence electrons. The van der Waals surface area contributed by atoms with Crippen LogP contribution in [-0.4, -0.2) is 24.9 Å². The van der Waals surface area contributed by atoms with E-state index in [1.165, 1.54) is 36.0 Å². The molecule has 0 unspecified atom stereocenters. The molecular formula is C24H40O2. The molecule has 0 radical (unpaired) electrons. The van der Waals surface area contributed by atoms with E-state index in [2.05, 4.69) is 45.9 Å². The van der Waals surface area contributed by atoms with E-state index >= 15 is 0 Å². The van der Waals surface area contributed by atoms with E-state index in [0.29, 0.717) is 5.41 Å². The summed E-state index contributed by atoms with van der Waals surface area (Å²) in [6.45, 7) is 16.8. The van der Waals surface area contributed by atoms with E-state index < -0.39 is 0 Å². The third kappa shape index (κ3) is 10.6. The van der Waals surface area contributed by atoms with Crippen LogP contribution < -0.4 is 0 Å². The van der Waals surface area contributed by atoms with Crippen molar-refractivity contribution < 1.29 is 9.84 Å². The van der Waals surface area contributed by atoms with Gasteiger partial charge in [0, 0.05) is 13.2 Å². The molecular weight excluding hydrogens is 320 g/mol. The normalized spacial score (nSPS) is 18.5. The van der Waals surface area contributed by atoms with Crippen LogP contribution in [0.5, 0.6) is 0 Å². The molecule has 1 rings (SSSR count). The lowest BCUT2D eigenvalue weighted by Crippen LogP contribution is -2.19. The number of hydrogen-bond acceptors (Lipinski definition) is 2. The summed E-state index contributed by atoms with van der Waals surface area (Å²) in [5.74, 6) is 0. The SMILES string of the molecule is CC1=C(/C=C/C(C)=C/C=C/C(C)=C/CO)C(C)(C)CCC1.CCOCC. The van der Waals surface area contributed by atoms with E-state index in [1.54, 1.807) is 6.08 Å². The Morgan fingerprint density at radius 1 is 1.12 bits per heavy atom. The first-order chi connectivity index (χ1) is 12.3. The van der Waals surface area contributed by atoms with Gasteiger partial charge in [0.2, 0.25) is 0 Å². The highest BCUT2D eigenvalue weighted by atomic mass is 16.5. The Labute approximate surface area is 162 Å². The van der Waals surface area contributed by atoms with Crippen molar-refractivity contribution in [3.63, 3.8) is 0 Å². The van der Waals surface area contributed by atoms with Crippen molar-refractivity contribution in [2.24, 2.45) is 5.41 Å². The quantitative estimate of drug-likeness (QED) is 0.521. The fourth-order valence-electron chi connectivity index (χ4n) is 3.05. The van der Waals surface area contributed by atoms with Crippen LogP contribution in [0.25, 0.3) is 0 Å². The van der Waals surface area contributed by atoms with Gasteiger partial charge in [-0.25, -0.2) is 0 Å². The summed E-state index contributed by atoms with van der Waals surface area (Å²) in [5.41, 5.74) is 5.66. The van der Waals surface area contributed by atoms with Gasteiger partial charge in [-0.1, -0.05) is 67.0 Å². The molecule has 0 heterocycles. The summed E-state index contributed by atoms with van der Waals surface area (Å²) in [7, 11) is 0. The Kier molecular flexibility index (Phi) is 13.0. The van der Waals surface area contributed by atoms with Gasteiger partial charge in [0.25, 0.3) is 0 Å². The van der Waals surface area contributed by atoms with E-state index in [1.807, 2.05) is 32.9 Å². The molecule has 1 N–H and O–H groups in total. The maximum atomic E-state index is 8.81. The molecule has 0 spiro atoms. The zero-order valence-electron chi connectivity index (χ0n) is 18.1. The second-order valence-corrected chi connectivity index (χ2v) is 7.45. The monoisotopic (exact) mass is 360 g/mol. The Bertz CT molecular complexity index is 541. The largest absolute Gasteiger partial charge is 0.392 e. The molecule has 0 aromatic carbocycles. The van der Waals surface area contributed by atoms with Crippen molar-refractivity contribution >= 4 is 0 Å². The van der Waals surface area contributed by atoms with Crippen molar-refractivity contribution in [1.82, 2.24) is 0 Å². The first-order valence-electron chi connectivity index (χ1n) is 9.87. The Morgan fingerprint density at radius 2 is 1.77 bits per heavy atom. The molecule has 26 heavy (non-hydrogen) atoms. The van der Waals surface area contributed by atoms with Gasteiger partial charge in [-0.2, -0.15) is 0 Å². The molecule has 1 aliphatic rings. The Morgan fingerprint density at radius 3 is 2.27 bits per heavy atom. The van der Waals surface area contributed by atoms with Gasteiger partial charge in [-0.05, 0) is 64.9 Å². The predicted octanol–water partition coefficient (Wildman–Crippen LogP) is 6.55. The van der Waals surface area contributed by atoms with Crippen molar-refractivity contribution in [3.05, 3.63) is 58.7 Å². The third-order valence-electron chi connectivity index (χ3n) is 4.60.